The van der Waals surface area contributed by atoms with Gasteiger partial charge >= 0.3 is 0 Å². The third-order valence-electron chi connectivity index (χ3n) is 3.05. The van der Waals surface area contributed by atoms with Gasteiger partial charge in [-0.3, -0.25) is 4.79 Å². The van der Waals surface area contributed by atoms with E-state index >= 15 is 0 Å². The van der Waals surface area contributed by atoms with Crippen LogP contribution in [0.1, 0.15) is 40.0 Å². The number of nitrogens with one attached hydrogen (secondary N) is 2. The molecule has 2 unspecified atom stereocenters. The molecule has 108 valence electrons. The largest absolute Gasteiger partial charge is 0.355 e. The van der Waals surface area contributed by atoms with E-state index in [0.29, 0.717) is 0 Å². The smallest absolute Gasteiger partial charge is 0.236 e. The SMILES string of the molecule is CCCCCNC(=O)C(C)NC(C)Cn1ccnc1. The summed E-state index contributed by atoms with van der Waals surface area (Å²) < 4.78 is 2.00. The molecule has 0 aromatic carbocycles. The van der Waals surface area contributed by atoms with Crippen LogP contribution in [0, 0.1) is 0 Å². The molecule has 1 aromatic heterocycles. The van der Waals surface area contributed by atoms with Gasteiger partial charge in [0.2, 0.25) is 5.91 Å². The van der Waals surface area contributed by atoms with Crippen molar-refractivity contribution >= 4 is 5.91 Å². The molecule has 1 aromatic rings. The van der Waals surface area contributed by atoms with Crippen LogP contribution in [-0.2, 0) is 11.3 Å². The molecule has 5 nitrogen and oxygen atoms in total. The lowest BCUT2D eigenvalue weighted by molar-refractivity contribution is -0.122. The summed E-state index contributed by atoms with van der Waals surface area (Å²) in [7, 11) is 0. The first-order chi connectivity index (χ1) is 9.13. The summed E-state index contributed by atoms with van der Waals surface area (Å²) in [4.78, 5) is 15.9. The molecule has 19 heavy (non-hydrogen) atoms. The molecule has 0 aliphatic rings. The maximum absolute atomic E-state index is 11.9. The highest BCUT2D eigenvalue weighted by atomic mass is 16.2. The van der Waals surface area contributed by atoms with Gasteiger partial charge in [0.05, 0.1) is 12.4 Å². The van der Waals surface area contributed by atoms with Gasteiger partial charge in [0.25, 0.3) is 0 Å². The van der Waals surface area contributed by atoms with Gasteiger partial charge in [0.1, 0.15) is 0 Å². The number of aromatic nitrogens is 2. The lowest BCUT2D eigenvalue weighted by atomic mass is 10.2. The van der Waals surface area contributed by atoms with E-state index in [0.717, 1.165) is 19.5 Å². The molecule has 2 atom stereocenters. The predicted molar refractivity (Wildman–Crippen MR) is 76.8 cm³/mol. The maximum Gasteiger partial charge on any atom is 0.236 e. The summed E-state index contributed by atoms with van der Waals surface area (Å²) in [6.45, 7) is 7.71. The van der Waals surface area contributed by atoms with Crippen LogP contribution >= 0.6 is 0 Å². The minimum atomic E-state index is -0.167. The van der Waals surface area contributed by atoms with Crippen molar-refractivity contribution in [3.05, 3.63) is 18.7 Å². The first-order valence-corrected chi connectivity index (χ1v) is 7.13. The molecular weight excluding hydrogens is 240 g/mol. The van der Waals surface area contributed by atoms with E-state index in [4.69, 9.17) is 0 Å². The molecule has 0 saturated heterocycles. The van der Waals surface area contributed by atoms with Crippen LogP contribution in [0.2, 0.25) is 0 Å². The fourth-order valence-electron chi connectivity index (χ4n) is 2.01. The molecule has 0 fully saturated rings. The Morgan fingerprint density at radius 1 is 1.37 bits per heavy atom. The van der Waals surface area contributed by atoms with Crippen molar-refractivity contribution in [2.45, 2.75) is 58.7 Å². The Balaban J connectivity index is 2.21. The minimum absolute atomic E-state index is 0.0774. The number of rotatable bonds is 9. The van der Waals surface area contributed by atoms with Crippen LogP contribution in [0.4, 0.5) is 0 Å². The standard InChI is InChI=1S/C14H26N4O/c1-4-5-6-7-16-14(19)13(3)17-12(2)10-18-9-8-15-11-18/h8-9,11-13,17H,4-7,10H2,1-3H3,(H,16,19). The van der Waals surface area contributed by atoms with Crippen LogP contribution in [-0.4, -0.2) is 34.1 Å². The normalized spacial score (nSPS) is 14.1. The van der Waals surface area contributed by atoms with Gasteiger partial charge in [-0.1, -0.05) is 19.8 Å². The second kappa shape index (κ2) is 8.69. The van der Waals surface area contributed by atoms with E-state index in [1.165, 1.54) is 12.8 Å². The van der Waals surface area contributed by atoms with Crippen molar-refractivity contribution in [2.24, 2.45) is 0 Å². The van der Waals surface area contributed by atoms with Crippen LogP contribution < -0.4 is 10.6 Å². The highest BCUT2D eigenvalue weighted by molar-refractivity contribution is 5.81. The molecule has 1 heterocycles. The quantitative estimate of drug-likeness (QED) is 0.667. The zero-order valence-corrected chi connectivity index (χ0v) is 12.2. The fraction of sp³-hybridized carbons (Fsp3) is 0.714. The molecule has 5 heteroatoms. The monoisotopic (exact) mass is 266 g/mol. The van der Waals surface area contributed by atoms with Gasteiger partial charge < -0.3 is 15.2 Å². The zero-order chi connectivity index (χ0) is 14.1. The number of carbonyl (C=O) groups is 1. The Kier molecular flexibility index (Phi) is 7.18. The zero-order valence-electron chi connectivity index (χ0n) is 12.2. The van der Waals surface area contributed by atoms with Crippen molar-refractivity contribution in [3.8, 4) is 0 Å². The Hall–Kier alpha value is -1.36. The number of carbonyl (C=O) groups excluding carboxylic acids is 1. The van der Waals surface area contributed by atoms with Crippen LogP contribution in [0.25, 0.3) is 0 Å². The summed E-state index contributed by atoms with van der Waals surface area (Å²) >= 11 is 0. The van der Waals surface area contributed by atoms with Crippen molar-refractivity contribution in [1.82, 2.24) is 20.2 Å². The van der Waals surface area contributed by atoms with Crippen molar-refractivity contribution in [3.63, 3.8) is 0 Å². The van der Waals surface area contributed by atoms with Gasteiger partial charge in [-0.25, -0.2) is 4.98 Å². The average Bonchev–Trinajstić information content (AvgIpc) is 2.86. The predicted octanol–water partition coefficient (Wildman–Crippen LogP) is 1.56. The first kappa shape index (κ1) is 15.7. The van der Waals surface area contributed by atoms with Crippen molar-refractivity contribution in [1.29, 1.82) is 0 Å². The summed E-state index contributed by atoms with van der Waals surface area (Å²) in [5.41, 5.74) is 0. The van der Waals surface area contributed by atoms with E-state index < -0.39 is 0 Å². The summed E-state index contributed by atoms with van der Waals surface area (Å²) in [6, 6.07) is 0.0609. The molecule has 0 radical (unpaired) electrons. The van der Waals surface area contributed by atoms with E-state index in [9.17, 15) is 4.79 Å². The third-order valence-corrected chi connectivity index (χ3v) is 3.05. The minimum Gasteiger partial charge on any atom is -0.355 e. The highest BCUT2D eigenvalue weighted by Gasteiger charge is 2.14. The fourth-order valence-corrected chi connectivity index (χ4v) is 2.01. The van der Waals surface area contributed by atoms with Crippen LogP contribution in [0.3, 0.4) is 0 Å². The van der Waals surface area contributed by atoms with Crippen molar-refractivity contribution < 1.29 is 4.79 Å². The second-order valence-corrected chi connectivity index (χ2v) is 5.05. The van der Waals surface area contributed by atoms with E-state index in [-0.39, 0.29) is 18.0 Å². The summed E-state index contributed by atoms with van der Waals surface area (Å²) in [6.07, 6.45) is 8.86. The Labute approximate surface area is 115 Å². The van der Waals surface area contributed by atoms with Gasteiger partial charge in [-0.05, 0) is 20.3 Å². The number of hydrogen-bond acceptors (Lipinski definition) is 3. The molecule has 0 aliphatic heterocycles. The topological polar surface area (TPSA) is 59.0 Å². The maximum atomic E-state index is 11.9. The Bertz CT molecular complexity index is 350. The Morgan fingerprint density at radius 3 is 2.79 bits per heavy atom. The molecule has 1 amide bonds. The lowest BCUT2D eigenvalue weighted by Crippen LogP contribution is -2.47. The van der Waals surface area contributed by atoms with Crippen molar-refractivity contribution in [2.75, 3.05) is 6.54 Å². The summed E-state index contributed by atoms with van der Waals surface area (Å²) in [5.74, 6) is 0.0774. The molecule has 0 saturated carbocycles. The second-order valence-electron chi connectivity index (χ2n) is 5.05. The average molecular weight is 266 g/mol. The number of unbranched alkanes of at least 4 members (excludes halogenated alkanes) is 2. The number of nitrogens with zero attached hydrogens (tertiary/aromatic N) is 2. The molecule has 0 spiro atoms. The third kappa shape index (κ3) is 6.38. The first-order valence-electron chi connectivity index (χ1n) is 7.13. The van der Waals surface area contributed by atoms with E-state index in [1.807, 2.05) is 17.7 Å². The number of imidazole rings is 1. The van der Waals surface area contributed by atoms with Gasteiger partial charge in [0, 0.05) is 31.5 Å². The summed E-state index contributed by atoms with van der Waals surface area (Å²) in [5, 5.41) is 6.26. The molecule has 0 bridgehead atoms. The lowest BCUT2D eigenvalue weighted by Gasteiger charge is -2.20. The van der Waals surface area contributed by atoms with E-state index in [2.05, 4.69) is 29.5 Å². The molecular formula is C14H26N4O. The van der Waals surface area contributed by atoms with Crippen LogP contribution in [0.15, 0.2) is 18.7 Å². The van der Waals surface area contributed by atoms with E-state index in [1.54, 1.807) is 12.5 Å². The number of amides is 1. The van der Waals surface area contributed by atoms with Gasteiger partial charge in [-0.2, -0.15) is 0 Å². The number of hydrogen-bond donors (Lipinski definition) is 2. The highest BCUT2D eigenvalue weighted by Crippen LogP contribution is 1.95. The Morgan fingerprint density at radius 2 is 2.16 bits per heavy atom. The van der Waals surface area contributed by atoms with Gasteiger partial charge in [0.15, 0.2) is 0 Å². The van der Waals surface area contributed by atoms with Crippen LogP contribution in [0.5, 0.6) is 0 Å². The molecule has 0 aliphatic carbocycles. The van der Waals surface area contributed by atoms with Gasteiger partial charge in [-0.15, -0.1) is 0 Å². The molecule has 1 rings (SSSR count). The molecule has 2 N–H and O–H groups in total.